The van der Waals surface area contributed by atoms with Crippen LogP contribution < -0.4 is 15.4 Å². The number of piperidine rings is 1. The standard InChI is InChI=1S/C16H18F3N5O2/c1-24-15(21-13(23-24)10-5-7-20-8-6-10)22-14(25)11-3-2-4-12(9-11)26-16(17,18)19/h2-4,9-10,20H,5-8H2,1H3,(H,21,22,23,25). The van der Waals surface area contributed by atoms with Crippen molar-refractivity contribution < 1.29 is 22.7 Å². The third-order valence-corrected chi connectivity index (χ3v) is 4.04. The maximum absolute atomic E-state index is 12.3. The molecule has 1 fully saturated rings. The van der Waals surface area contributed by atoms with Crippen LogP contribution in [0.5, 0.6) is 5.75 Å². The normalized spacial score (nSPS) is 15.7. The van der Waals surface area contributed by atoms with Gasteiger partial charge in [0.25, 0.3) is 5.91 Å². The average molecular weight is 369 g/mol. The Morgan fingerprint density at radius 1 is 1.35 bits per heavy atom. The summed E-state index contributed by atoms with van der Waals surface area (Å²) >= 11 is 0. The van der Waals surface area contributed by atoms with Crippen molar-refractivity contribution in [1.29, 1.82) is 0 Å². The summed E-state index contributed by atoms with van der Waals surface area (Å²) in [4.78, 5) is 16.7. The fourth-order valence-corrected chi connectivity index (χ4v) is 2.77. The first-order valence-corrected chi connectivity index (χ1v) is 8.10. The molecule has 2 N–H and O–H groups in total. The Morgan fingerprint density at radius 3 is 2.77 bits per heavy atom. The molecule has 26 heavy (non-hydrogen) atoms. The number of carbonyl (C=O) groups is 1. The molecule has 1 aromatic heterocycles. The van der Waals surface area contributed by atoms with E-state index in [-0.39, 0.29) is 17.4 Å². The van der Waals surface area contributed by atoms with Crippen molar-refractivity contribution >= 4 is 11.9 Å². The molecule has 0 bridgehead atoms. The number of nitrogens with one attached hydrogen (secondary N) is 2. The van der Waals surface area contributed by atoms with Gasteiger partial charge in [0.05, 0.1) is 0 Å². The maximum atomic E-state index is 12.3. The van der Waals surface area contributed by atoms with Crippen LogP contribution in [-0.2, 0) is 7.05 Å². The Bertz CT molecular complexity index is 784. The SMILES string of the molecule is Cn1nc(C2CCNCC2)nc1NC(=O)c1cccc(OC(F)(F)F)c1. The smallest absolute Gasteiger partial charge is 0.406 e. The van der Waals surface area contributed by atoms with Crippen LogP contribution in [0.2, 0.25) is 0 Å². The Hall–Kier alpha value is -2.62. The van der Waals surface area contributed by atoms with Gasteiger partial charge in [-0.25, -0.2) is 4.68 Å². The Labute approximate surface area is 147 Å². The van der Waals surface area contributed by atoms with E-state index in [9.17, 15) is 18.0 Å². The van der Waals surface area contributed by atoms with Gasteiger partial charge in [0.2, 0.25) is 5.95 Å². The Morgan fingerprint density at radius 2 is 2.08 bits per heavy atom. The zero-order valence-electron chi connectivity index (χ0n) is 14.0. The van der Waals surface area contributed by atoms with E-state index in [0.717, 1.165) is 38.1 Å². The number of benzene rings is 1. The molecule has 2 aromatic rings. The molecule has 0 saturated carbocycles. The third kappa shape index (κ3) is 4.51. The zero-order valence-corrected chi connectivity index (χ0v) is 14.0. The van der Waals surface area contributed by atoms with Crippen molar-refractivity contribution in [2.75, 3.05) is 18.4 Å². The largest absolute Gasteiger partial charge is 0.573 e. The number of halogens is 3. The molecule has 0 atom stereocenters. The molecule has 140 valence electrons. The molecule has 0 aliphatic carbocycles. The van der Waals surface area contributed by atoms with Crippen LogP contribution in [0, 0.1) is 0 Å². The van der Waals surface area contributed by atoms with E-state index in [1.807, 2.05) is 0 Å². The molecule has 0 radical (unpaired) electrons. The van der Waals surface area contributed by atoms with Crippen LogP contribution >= 0.6 is 0 Å². The summed E-state index contributed by atoms with van der Waals surface area (Å²) in [5.74, 6) is 0.0595. The minimum Gasteiger partial charge on any atom is -0.406 e. The van der Waals surface area contributed by atoms with Crippen molar-refractivity contribution in [2.45, 2.75) is 25.1 Å². The molecule has 2 heterocycles. The number of alkyl halides is 3. The lowest BCUT2D eigenvalue weighted by molar-refractivity contribution is -0.274. The lowest BCUT2D eigenvalue weighted by atomic mass is 9.98. The van der Waals surface area contributed by atoms with Gasteiger partial charge in [-0.15, -0.1) is 13.2 Å². The summed E-state index contributed by atoms with van der Waals surface area (Å²) in [7, 11) is 1.65. The van der Waals surface area contributed by atoms with Gasteiger partial charge in [0.1, 0.15) is 5.75 Å². The fourth-order valence-electron chi connectivity index (χ4n) is 2.77. The van der Waals surface area contributed by atoms with E-state index in [1.54, 1.807) is 7.05 Å². The number of aryl methyl sites for hydroxylation is 1. The van der Waals surface area contributed by atoms with Gasteiger partial charge in [-0.2, -0.15) is 10.1 Å². The minimum absolute atomic E-state index is 0.0261. The van der Waals surface area contributed by atoms with E-state index < -0.39 is 18.0 Å². The van der Waals surface area contributed by atoms with Crippen molar-refractivity contribution in [1.82, 2.24) is 20.1 Å². The van der Waals surface area contributed by atoms with Crippen LogP contribution in [-0.4, -0.2) is 40.1 Å². The maximum Gasteiger partial charge on any atom is 0.573 e. The fraction of sp³-hybridized carbons (Fsp3) is 0.438. The first-order chi connectivity index (χ1) is 12.3. The lowest BCUT2D eigenvalue weighted by Gasteiger charge is -2.19. The number of aromatic nitrogens is 3. The number of hydrogen-bond acceptors (Lipinski definition) is 5. The molecule has 0 unspecified atom stereocenters. The second-order valence-electron chi connectivity index (χ2n) is 5.97. The van der Waals surface area contributed by atoms with Crippen molar-refractivity contribution in [2.24, 2.45) is 7.05 Å². The molecular weight excluding hydrogens is 351 g/mol. The highest BCUT2D eigenvalue weighted by molar-refractivity contribution is 6.03. The van der Waals surface area contributed by atoms with E-state index in [4.69, 9.17) is 0 Å². The van der Waals surface area contributed by atoms with Crippen molar-refractivity contribution in [3.8, 4) is 5.75 Å². The highest BCUT2D eigenvalue weighted by Gasteiger charge is 2.31. The third-order valence-electron chi connectivity index (χ3n) is 4.04. The van der Waals surface area contributed by atoms with Gasteiger partial charge in [-0.1, -0.05) is 6.07 Å². The highest BCUT2D eigenvalue weighted by atomic mass is 19.4. The predicted octanol–water partition coefficient (Wildman–Crippen LogP) is 2.43. The monoisotopic (exact) mass is 369 g/mol. The van der Waals surface area contributed by atoms with Gasteiger partial charge >= 0.3 is 6.36 Å². The Balaban J connectivity index is 1.72. The van der Waals surface area contributed by atoms with Gasteiger partial charge in [-0.3, -0.25) is 10.1 Å². The zero-order chi connectivity index (χ0) is 18.7. The molecule has 0 spiro atoms. The second kappa shape index (κ2) is 7.32. The minimum atomic E-state index is -4.82. The van der Waals surface area contributed by atoms with Crippen molar-refractivity contribution in [3.63, 3.8) is 0 Å². The molecule has 1 amide bonds. The molecule has 1 aliphatic rings. The van der Waals surface area contributed by atoms with Gasteiger partial charge in [0.15, 0.2) is 5.82 Å². The molecule has 1 saturated heterocycles. The number of nitrogens with zero attached hydrogens (tertiary/aromatic N) is 3. The van der Waals surface area contributed by atoms with Crippen LogP contribution in [0.3, 0.4) is 0 Å². The number of amides is 1. The highest BCUT2D eigenvalue weighted by Crippen LogP contribution is 2.25. The van der Waals surface area contributed by atoms with Gasteiger partial charge < -0.3 is 10.1 Å². The van der Waals surface area contributed by atoms with E-state index in [2.05, 4.69) is 25.5 Å². The predicted molar refractivity (Wildman–Crippen MR) is 86.9 cm³/mol. The number of ether oxygens (including phenoxy) is 1. The summed E-state index contributed by atoms with van der Waals surface area (Å²) < 4.78 is 42.2. The molecule has 1 aliphatic heterocycles. The number of carbonyl (C=O) groups excluding carboxylic acids is 1. The Kier molecular flexibility index (Phi) is 5.12. The molecule has 3 rings (SSSR count). The molecular formula is C16H18F3N5O2. The lowest BCUT2D eigenvalue weighted by Crippen LogP contribution is -2.27. The van der Waals surface area contributed by atoms with Crippen LogP contribution in [0.4, 0.5) is 19.1 Å². The average Bonchev–Trinajstić information content (AvgIpc) is 2.95. The van der Waals surface area contributed by atoms with Gasteiger partial charge in [-0.05, 0) is 44.1 Å². The van der Waals surface area contributed by atoms with E-state index >= 15 is 0 Å². The van der Waals surface area contributed by atoms with Crippen LogP contribution in [0.15, 0.2) is 24.3 Å². The summed E-state index contributed by atoms with van der Waals surface area (Å²) in [6.45, 7) is 1.77. The quantitative estimate of drug-likeness (QED) is 0.865. The summed E-state index contributed by atoms with van der Waals surface area (Å²) in [6, 6.07) is 4.85. The summed E-state index contributed by atoms with van der Waals surface area (Å²) in [6.07, 6.45) is -3.00. The molecule has 1 aromatic carbocycles. The second-order valence-corrected chi connectivity index (χ2v) is 5.97. The summed E-state index contributed by atoms with van der Waals surface area (Å²) in [5.41, 5.74) is 0.0261. The van der Waals surface area contributed by atoms with Gasteiger partial charge in [0, 0.05) is 18.5 Å². The van der Waals surface area contributed by atoms with Crippen molar-refractivity contribution in [3.05, 3.63) is 35.7 Å². The summed E-state index contributed by atoms with van der Waals surface area (Å²) in [5, 5.41) is 10.2. The first kappa shape index (κ1) is 18.2. The number of anilines is 1. The van der Waals surface area contributed by atoms with E-state index in [1.165, 1.54) is 16.8 Å². The number of hydrogen-bond donors (Lipinski definition) is 2. The topological polar surface area (TPSA) is 81.1 Å². The molecule has 10 heteroatoms. The number of rotatable bonds is 4. The first-order valence-electron chi connectivity index (χ1n) is 8.10. The van der Waals surface area contributed by atoms with Crippen LogP contribution in [0.25, 0.3) is 0 Å². The van der Waals surface area contributed by atoms with Crippen LogP contribution in [0.1, 0.15) is 34.9 Å². The molecule has 7 nitrogen and oxygen atoms in total. The van der Waals surface area contributed by atoms with E-state index in [0.29, 0.717) is 5.82 Å².